The van der Waals surface area contributed by atoms with Crippen LogP contribution in [0.15, 0.2) is 53.5 Å². The number of nitrogens with one attached hydrogen (secondary N) is 2. The van der Waals surface area contributed by atoms with Crippen LogP contribution in [0.3, 0.4) is 0 Å². The van der Waals surface area contributed by atoms with E-state index in [9.17, 15) is 4.79 Å². The Hall–Kier alpha value is -2.90. The van der Waals surface area contributed by atoms with Gasteiger partial charge in [0, 0.05) is 49.7 Å². The van der Waals surface area contributed by atoms with Gasteiger partial charge in [0.2, 0.25) is 0 Å². The maximum Gasteiger partial charge on any atom is 0.258 e. The number of benzene rings is 1. The Morgan fingerprint density at radius 3 is 2.56 bits per heavy atom. The first-order valence-electron chi connectivity index (χ1n) is 8.31. The lowest BCUT2D eigenvalue weighted by Gasteiger charge is -2.29. The fraction of sp³-hybridized carbons (Fsp3) is 0.222. The molecule has 1 aromatic carbocycles. The number of fused-ring (bicyclic) bond motifs is 1. The number of nitrogens with zero attached hydrogens (tertiary/aromatic N) is 3. The second-order valence-electron chi connectivity index (χ2n) is 6.05. The van der Waals surface area contributed by atoms with Gasteiger partial charge in [0.05, 0.1) is 11.4 Å². The van der Waals surface area contributed by atoms with E-state index < -0.39 is 0 Å². The number of hydrazine groups is 1. The molecule has 7 nitrogen and oxygen atoms in total. The summed E-state index contributed by atoms with van der Waals surface area (Å²) >= 11 is 0. The molecule has 0 spiro atoms. The molecule has 0 aliphatic carbocycles. The highest BCUT2D eigenvalue weighted by molar-refractivity contribution is 5.65. The smallest absolute Gasteiger partial charge is 0.258 e. The van der Waals surface area contributed by atoms with E-state index in [0.717, 1.165) is 43.1 Å². The molecule has 3 aromatic rings. The Morgan fingerprint density at radius 1 is 1.08 bits per heavy atom. The highest BCUT2D eigenvalue weighted by Crippen LogP contribution is 2.20. The average molecular weight is 336 g/mol. The molecule has 1 fully saturated rings. The van der Waals surface area contributed by atoms with Gasteiger partial charge in [0.25, 0.3) is 5.56 Å². The monoisotopic (exact) mass is 336 g/mol. The van der Waals surface area contributed by atoms with E-state index in [0.29, 0.717) is 11.3 Å². The lowest BCUT2D eigenvalue weighted by molar-refractivity contribution is 0.588. The minimum Gasteiger partial charge on any atom is -0.368 e. The van der Waals surface area contributed by atoms with Gasteiger partial charge in [0.15, 0.2) is 0 Å². The first-order valence-corrected chi connectivity index (χ1v) is 8.31. The minimum atomic E-state index is -0.0852. The molecule has 0 bridgehead atoms. The molecule has 0 atom stereocenters. The Kier molecular flexibility index (Phi) is 4.09. The predicted octanol–water partition coefficient (Wildman–Crippen LogP) is 1.06. The van der Waals surface area contributed by atoms with Crippen molar-refractivity contribution in [3.05, 3.63) is 59.0 Å². The van der Waals surface area contributed by atoms with Crippen LogP contribution < -0.4 is 27.0 Å². The average Bonchev–Trinajstić information content (AvgIpc) is 2.68. The third-order valence-electron chi connectivity index (χ3n) is 4.47. The van der Waals surface area contributed by atoms with Crippen molar-refractivity contribution in [3.63, 3.8) is 0 Å². The van der Waals surface area contributed by atoms with E-state index in [1.165, 1.54) is 0 Å². The lowest BCUT2D eigenvalue weighted by atomic mass is 10.1. The molecule has 1 aliphatic rings. The first kappa shape index (κ1) is 15.6. The van der Waals surface area contributed by atoms with Crippen molar-refractivity contribution in [3.8, 4) is 11.3 Å². The van der Waals surface area contributed by atoms with E-state index in [4.69, 9.17) is 5.84 Å². The molecule has 7 heteroatoms. The predicted molar refractivity (Wildman–Crippen MR) is 99.8 cm³/mol. The lowest BCUT2D eigenvalue weighted by Crippen LogP contribution is -2.43. The molecule has 0 saturated carbocycles. The number of nitrogens with two attached hydrogens (primary N) is 1. The van der Waals surface area contributed by atoms with E-state index in [1.807, 2.05) is 42.6 Å². The summed E-state index contributed by atoms with van der Waals surface area (Å²) in [6, 6.07) is 13.0. The van der Waals surface area contributed by atoms with Crippen LogP contribution in [0.25, 0.3) is 16.9 Å². The van der Waals surface area contributed by atoms with Crippen LogP contribution in [0.2, 0.25) is 0 Å². The summed E-state index contributed by atoms with van der Waals surface area (Å²) in [6.45, 7) is 3.79. The van der Waals surface area contributed by atoms with Crippen LogP contribution in [0.4, 0.5) is 11.4 Å². The van der Waals surface area contributed by atoms with Crippen LogP contribution in [0, 0.1) is 0 Å². The molecular weight excluding hydrogens is 316 g/mol. The number of hydrogen-bond acceptors (Lipinski definition) is 6. The number of rotatable bonds is 3. The van der Waals surface area contributed by atoms with Crippen molar-refractivity contribution in [2.75, 3.05) is 36.5 Å². The Labute approximate surface area is 145 Å². The van der Waals surface area contributed by atoms with Crippen LogP contribution in [0.1, 0.15) is 0 Å². The number of anilines is 2. The summed E-state index contributed by atoms with van der Waals surface area (Å²) in [5.41, 5.74) is 6.53. The summed E-state index contributed by atoms with van der Waals surface area (Å²) in [5, 5.41) is 3.33. The summed E-state index contributed by atoms with van der Waals surface area (Å²) in [6.07, 6.45) is 1.88. The van der Waals surface area contributed by atoms with Crippen molar-refractivity contribution < 1.29 is 0 Å². The zero-order chi connectivity index (χ0) is 17.2. The zero-order valence-corrected chi connectivity index (χ0v) is 13.8. The van der Waals surface area contributed by atoms with E-state index in [1.54, 1.807) is 10.5 Å². The van der Waals surface area contributed by atoms with Gasteiger partial charge in [0.1, 0.15) is 5.65 Å². The van der Waals surface area contributed by atoms with Gasteiger partial charge < -0.3 is 15.6 Å². The number of hydrogen-bond donors (Lipinski definition) is 3. The highest BCUT2D eigenvalue weighted by Gasteiger charge is 2.12. The highest BCUT2D eigenvalue weighted by atomic mass is 16.1. The van der Waals surface area contributed by atoms with Gasteiger partial charge in [-0.15, -0.1) is 0 Å². The molecule has 128 valence electrons. The number of nitrogen functional groups attached to an aromatic ring is 1. The summed E-state index contributed by atoms with van der Waals surface area (Å²) in [4.78, 5) is 19.5. The van der Waals surface area contributed by atoms with E-state index in [2.05, 4.69) is 20.6 Å². The van der Waals surface area contributed by atoms with Gasteiger partial charge >= 0.3 is 0 Å². The Bertz CT molecular complexity index is 944. The van der Waals surface area contributed by atoms with E-state index in [-0.39, 0.29) is 5.56 Å². The van der Waals surface area contributed by atoms with Crippen LogP contribution in [-0.4, -0.2) is 35.6 Å². The van der Waals surface area contributed by atoms with Crippen LogP contribution in [-0.2, 0) is 0 Å². The summed E-state index contributed by atoms with van der Waals surface area (Å²) < 4.78 is 1.61. The van der Waals surface area contributed by atoms with Gasteiger partial charge in [-0.05, 0) is 24.3 Å². The molecule has 25 heavy (non-hydrogen) atoms. The maximum absolute atomic E-state index is 12.6. The molecule has 0 unspecified atom stereocenters. The fourth-order valence-corrected chi connectivity index (χ4v) is 3.09. The molecule has 1 saturated heterocycles. The molecule has 4 rings (SSSR count). The molecule has 2 aromatic heterocycles. The van der Waals surface area contributed by atoms with Gasteiger partial charge in [-0.1, -0.05) is 12.1 Å². The van der Waals surface area contributed by atoms with Gasteiger partial charge in [-0.2, -0.15) is 0 Å². The van der Waals surface area contributed by atoms with Crippen molar-refractivity contribution in [2.24, 2.45) is 5.84 Å². The number of aromatic nitrogens is 2. The largest absolute Gasteiger partial charge is 0.368 e. The minimum absolute atomic E-state index is 0.0852. The molecule has 0 amide bonds. The summed E-state index contributed by atoms with van der Waals surface area (Å²) in [5.74, 6) is 5.39. The number of pyridine rings is 1. The normalized spacial score (nSPS) is 14.7. The topological polar surface area (TPSA) is 87.7 Å². The second-order valence-corrected chi connectivity index (χ2v) is 6.05. The third kappa shape index (κ3) is 3.07. The van der Waals surface area contributed by atoms with Crippen molar-refractivity contribution in [2.45, 2.75) is 0 Å². The molecular formula is C18H20N6O. The fourth-order valence-electron chi connectivity index (χ4n) is 3.09. The first-order chi connectivity index (χ1) is 12.2. The van der Waals surface area contributed by atoms with Gasteiger partial charge in [-0.3, -0.25) is 15.0 Å². The molecule has 1 aliphatic heterocycles. The van der Waals surface area contributed by atoms with Crippen LogP contribution >= 0.6 is 0 Å². The number of piperazine rings is 1. The zero-order valence-electron chi connectivity index (χ0n) is 13.8. The van der Waals surface area contributed by atoms with Crippen LogP contribution in [0.5, 0.6) is 0 Å². The van der Waals surface area contributed by atoms with E-state index >= 15 is 0 Å². The Morgan fingerprint density at radius 2 is 1.84 bits per heavy atom. The molecule has 4 N–H and O–H groups in total. The van der Waals surface area contributed by atoms with Gasteiger partial charge in [-0.25, -0.2) is 4.98 Å². The molecule has 3 heterocycles. The Balaban J connectivity index is 1.73. The second kappa shape index (κ2) is 6.54. The standard InChI is InChI=1S/C18H20N6O/c19-22-14-3-1-13(2-4-14)16-11-18(25)24-12-15(5-6-17(24)21-16)23-9-7-20-8-10-23/h1-6,11-12,20,22H,7-10,19H2. The SMILES string of the molecule is NNc1ccc(-c2cc(=O)n3cc(N4CCNCC4)ccc3n2)cc1. The third-order valence-corrected chi connectivity index (χ3v) is 4.47. The van der Waals surface area contributed by atoms with Crippen molar-refractivity contribution >= 4 is 17.0 Å². The quantitative estimate of drug-likeness (QED) is 0.490. The van der Waals surface area contributed by atoms with Crippen molar-refractivity contribution in [1.29, 1.82) is 0 Å². The molecule has 0 radical (unpaired) electrons. The summed E-state index contributed by atoms with van der Waals surface area (Å²) in [7, 11) is 0. The maximum atomic E-state index is 12.6. The van der Waals surface area contributed by atoms with Crippen molar-refractivity contribution in [1.82, 2.24) is 14.7 Å².